The number of piperidine rings is 1. The van der Waals surface area contributed by atoms with E-state index in [1.54, 1.807) is 7.11 Å². The van der Waals surface area contributed by atoms with Gasteiger partial charge in [-0.3, -0.25) is 14.7 Å². The third kappa shape index (κ3) is 5.82. The van der Waals surface area contributed by atoms with E-state index in [2.05, 4.69) is 36.1 Å². The third-order valence-electron chi connectivity index (χ3n) is 6.00. The van der Waals surface area contributed by atoms with Crippen LogP contribution >= 0.6 is 0 Å². The topological polar surface area (TPSA) is 45.7 Å². The van der Waals surface area contributed by atoms with Gasteiger partial charge in [0.15, 0.2) is 0 Å². The number of amides is 1. The molecule has 5 nitrogen and oxygen atoms in total. The minimum Gasteiger partial charge on any atom is -0.497 e. The SMILES string of the molecule is CCN(CC)C(=O)CN1CCCC(c2cc(Cc3ccc(OC)cc3)cc(C)n2)C1. The zero-order chi connectivity index (χ0) is 21.5. The molecule has 0 N–H and O–H groups in total. The molecule has 5 heteroatoms. The molecular formula is C25H35N3O2. The van der Waals surface area contributed by atoms with Gasteiger partial charge in [0.2, 0.25) is 5.91 Å². The van der Waals surface area contributed by atoms with Crippen molar-refractivity contribution >= 4 is 5.91 Å². The molecule has 1 aromatic carbocycles. The van der Waals surface area contributed by atoms with Crippen LogP contribution in [-0.2, 0) is 11.2 Å². The number of likely N-dealkylation sites (tertiary alicyclic amines) is 1. The number of pyridine rings is 1. The quantitative estimate of drug-likeness (QED) is 0.660. The predicted octanol–water partition coefficient (Wildman–Crippen LogP) is 4.04. The summed E-state index contributed by atoms with van der Waals surface area (Å²) in [6.45, 7) is 10.1. The molecule has 1 atom stereocenters. The summed E-state index contributed by atoms with van der Waals surface area (Å²) in [4.78, 5) is 21.6. The highest BCUT2D eigenvalue weighted by atomic mass is 16.5. The van der Waals surface area contributed by atoms with Crippen molar-refractivity contribution in [3.8, 4) is 5.75 Å². The van der Waals surface area contributed by atoms with Gasteiger partial charge in [-0.05, 0) is 82.0 Å². The van der Waals surface area contributed by atoms with E-state index in [4.69, 9.17) is 9.72 Å². The van der Waals surface area contributed by atoms with E-state index in [-0.39, 0.29) is 5.91 Å². The van der Waals surface area contributed by atoms with Gasteiger partial charge in [0.25, 0.3) is 0 Å². The molecule has 30 heavy (non-hydrogen) atoms. The Morgan fingerprint density at radius 1 is 1.17 bits per heavy atom. The largest absolute Gasteiger partial charge is 0.497 e. The minimum absolute atomic E-state index is 0.234. The van der Waals surface area contributed by atoms with Crippen LogP contribution in [0.2, 0.25) is 0 Å². The molecular weight excluding hydrogens is 374 g/mol. The van der Waals surface area contributed by atoms with Crippen molar-refractivity contribution in [2.45, 2.75) is 46.0 Å². The molecule has 0 saturated carbocycles. The first kappa shape index (κ1) is 22.3. The number of hydrogen-bond donors (Lipinski definition) is 0. The first-order valence-corrected chi connectivity index (χ1v) is 11.1. The maximum absolute atomic E-state index is 12.5. The number of carbonyl (C=O) groups is 1. The van der Waals surface area contributed by atoms with Crippen molar-refractivity contribution in [1.29, 1.82) is 0 Å². The second-order valence-electron chi connectivity index (χ2n) is 8.21. The van der Waals surface area contributed by atoms with Gasteiger partial charge in [0.1, 0.15) is 5.75 Å². The number of ether oxygens (including phenoxy) is 1. The first-order valence-electron chi connectivity index (χ1n) is 11.1. The molecule has 0 radical (unpaired) electrons. The van der Waals surface area contributed by atoms with E-state index in [1.165, 1.54) is 16.8 Å². The fourth-order valence-electron chi connectivity index (χ4n) is 4.37. The zero-order valence-electron chi connectivity index (χ0n) is 18.9. The Balaban J connectivity index is 1.69. The van der Waals surface area contributed by atoms with Gasteiger partial charge in [-0.1, -0.05) is 12.1 Å². The first-order chi connectivity index (χ1) is 14.5. The van der Waals surface area contributed by atoms with E-state index < -0.39 is 0 Å². The summed E-state index contributed by atoms with van der Waals surface area (Å²) in [5, 5.41) is 0. The number of methoxy groups -OCH3 is 1. The Morgan fingerprint density at radius 3 is 2.57 bits per heavy atom. The van der Waals surface area contributed by atoms with Crippen molar-refractivity contribution in [3.63, 3.8) is 0 Å². The molecule has 0 spiro atoms. The number of nitrogens with zero attached hydrogens (tertiary/aromatic N) is 3. The van der Waals surface area contributed by atoms with Crippen LogP contribution in [0.4, 0.5) is 0 Å². The molecule has 162 valence electrons. The van der Waals surface area contributed by atoms with E-state index in [9.17, 15) is 4.79 Å². The monoisotopic (exact) mass is 409 g/mol. The molecule has 0 aliphatic carbocycles. The highest BCUT2D eigenvalue weighted by Gasteiger charge is 2.25. The van der Waals surface area contributed by atoms with Gasteiger partial charge in [0, 0.05) is 36.9 Å². The van der Waals surface area contributed by atoms with E-state index in [0.29, 0.717) is 12.5 Å². The fraction of sp³-hybridized carbons (Fsp3) is 0.520. The molecule has 2 heterocycles. The fourth-order valence-corrected chi connectivity index (χ4v) is 4.37. The van der Waals surface area contributed by atoms with Crippen molar-refractivity contribution in [2.24, 2.45) is 0 Å². The predicted molar refractivity (Wildman–Crippen MR) is 121 cm³/mol. The van der Waals surface area contributed by atoms with Crippen molar-refractivity contribution in [3.05, 3.63) is 58.9 Å². The standard InChI is InChI=1S/C25H35N3O2/c1-5-28(6-2)25(29)18-27-13-7-8-22(17-27)24-16-21(14-19(3)26-24)15-20-9-11-23(30-4)12-10-20/h9-12,14,16,22H,5-8,13,15,17-18H2,1-4H3. The molecule has 1 amide bonds. The van der Waals surface area contributed by atoms with Gasteiger partial charge in [-0.2, -0.15) is 0 Å². The molecule has 2 aromatic rings. The Morgan fingerprint density at radius 2 is 1.90 bits per heavy atom. The van der Waals surface area contributed by atoms with E-state index >= 15 is 0 Å². The number of rotatable bonds is 8. The van der Waals surface area contributed by atoms with Crippen LogP contribution < -0.4 is 4.74 Å². The highest BCUT2D eigenvalue weighted by molar-refractivity contribution is 5.78. The van der Waals surface area contributed by atoms with Gasteiger partial charge >= 0.3 is 0 Å². The van der Waals surface area contributed by atoms with Crippen LogP contribution in [0.25, 0.3) is 0 Å². The van der Waals surface area contributed by atoms with Crippen molar-refractivity contribution in [2.75, 3.05) is 39.8 Å². The molecule has 1 aliphatic rings. The van der Waals surface area contributed by atoms with Crippen LogP contribution in [0.15, 0.2) is 36.4 Å². The lowest BCUT2D eigenvalue weighted by atomic mass is 9.92. The lowest BCUT2D eigenvalue weighted by Gasteiger charge is -2.33. The maximum Gasteiger partial charge on any atom is 0.236 e. The summed E-state index contributed by atoms with van der Waals surface area (Å²) >= 11 is 0. The number of aromatic nitrogens is 1. The van der Waals surface area contributed by atoms with Crippen molar-refractivity contribution < 1.29 is 9.53 Å². The highest BCUT2D eigenvalue weighted by Crippen LogP contribution is 2.27. The molecule has 3 rings (SSSR count). The normalized spacial score (nSPS) is 17.0. The summed E-state index contributed by atoms with van der Waals surface area (Å²) < 4.78 is 5.26. The molecule has 1 saturated heterocycles. The van der Waals surface area contributed by atoms with Crippen LogP contribution in [-0.4, -0.2) is 60.5 Å². The summed E-state index contributed by atoms with van der Waals surface area (Å²) in [7, 11) is 1.69. The van der Waals surface area contributed by atoms with Gasteiger partial charge in [-0.25, -0.2) is 0 Å². The molecule has 1 aliphatic heterocycles. The number of hydrogen-bond acceptors (Lipinski definition) is 4. The van der Waals surface area contributed by atoms with E-state index in [1.807, 2.05) is 30.9 Å². The Kier molecular flexibility index (Phi) is 7.86. The third-order valence-corrected chi connectivity index (χ3v) is 6.00. The summed E-state index contributed by atoms with van der Waals surface area (Å²) in [6.07, 6.45) is 3.13. The summed E-state index contributed by atoms with van der Waals surface area (Å²) in [5.74, 6) is 1.50. The van der Waals surface area contributed by atoms with Crippen LogP contribution in [0, 0.1) is 6.92 Å². The van der Waals surface area contributed by atoms with Crippen LogP contribution in [0.5, 0.6) is 5.75 Å². The Labute approximate surface area is 181 Å². The average molecular weight is 410 g/mol. The minimum atomic E-state index is 0.234. The van der Waals surface area contributed by atoms with Crippen LogP contribution in [0.1, 0.15) is 55.1 Å². The Hall–Kier alpha value is -2.40. The number of aryl methyl sites for hydroxylation is 1. The van der Waals surface area contributed by atoms with Gasteiger partial charge in [-0.15, -0.1) is 0 Å². The van der Waals surface area contributed by atoms with Crippen molar-refractivity contribution in [1.82, 2.24) is 14.8 Å². The molecule has 1 unspecified atom stereocenters. The maximum atomic E-state index is 12.5. The second-order valence-corrected chi connectivity index (χ2v) is 8.21. The summed E-state index contributed by atoms with van der Waals surface area (Å²) in [5.41, 5.74) is 4.78. The smallest absolute Gasteiger partial charge is 0.236 e. The average Bonchev–Trinajstić information content (AvgIpc) is 2.75. The van der Waals surface area contributed by atoms with Gasteiger partial charge in [0.05, 0.1) is 13.7 Å². The summed E-state index contributed by atoms with van der Waals surface area (Å²) in [6, 6.07) is 12.7. The molecule has 1 aromatic heterocycles. The van der Waals surface area contributed by atoms with Crippen LogP contribution in [0.3, 0.4) is 0 Å². The zero-order valence-corrected chi connectivity index (χ0v) is 18.9. The second kappa shape index (κ2) is 10.6. The van der Waals surface area contributed by atoms with E-state index in [0.717, 1.165) is 56.9 Å². The molecule has 0 bridgehead atoms. The number of carbonyl (C=O) groups excluding carboxylic acids is 1. The molecule has 1 fully saturated rings. The number of likely N-dealkylation sites (N-methyl/N-ethyl adjacent to an activating group) is 1. The Bertz CT molecular complexity index is 831. The lowest BCUT2D eigenvalue weighted by Crippen LogP contribution is -2.43. The number of benzene rings is 1. The lowest BCUT2D eigenvalue weighted by molar-refractivity contribution is -0.132. The van der Waals surface area contributed by atoms with Gasteiger partial charge < -0.3 is 9.64 Å².